The summed E-state index contributed by atoms with van der Waals surface area (Å²) in [6.45, 7) is 0.424. The van der Waals surface area contributed by atoms with Crippen molar-refractivity contribution < 1.29 is 4.79 Å². The molecule has 5 aromatic rings. The molecule has 0 spiro atoms. The molecule has 0 radical (unpaired) electrons. The minimum Gasteiger partial charge on any atom is -0.350 e. The number of halogens is 4. The van der Waals surface area contributed by atoms with E-state index in [-0.39, 0.29) is 5.91 Å². The molecule has 1 amide bonds. The Bertz CT molecular complexity index is 1640. The zero-order chi connectivity index (χ0) is 27.4. The van der Waals surface area contributed by atoms with Gasteiger partial charge in [-0.25, -0.2) is 4.98 Å². The van der Waals surface area contributed by atoms with Gasteiger partial charge in [0.1, 0.15) is 10.7 Å². The third-order valence-electron chi connectivity index (χ3n) is 5.65. The Morgan fingerprint density at radius 3 is 2.46 bits per heavy atom. The van der Waals surface area contributed by atoms with Crippen molar-refractivity contribution in [3.05, 3.63) is 108 Å². The van der Waals surface area contributed by atoms with Gasteiger partial charge in [-0.2, -0.15) is 0 Å². The number of carbonyl (C=O) groups is 1. The maximum absolute atomic E-state index is 12.6. The summed E-state index contributed by atoms with van der Waals surface area (Å²) < 4.78 is 1.89. The molecule has 5 rings (SSSR count). The molecule has 0 bridgehead atoms. The van der Waals surface area contributed by atoms with E-state index in [1.165, 1.54) is 23.1 Å². The number of thiazole rings is 1. The van der Waals surface area contributed by atoms with Crippen LogP contribution < -0.4 is 5.32 Å². The van der Waals surface area contributed by atoms with Gasteiger partial charge >= 0.3 is 0 Å². The monoisotopic (exact) mass is 633 g/mol. The molecule has 2 aromatic heterocycles. The highest BCUT2D eigenvalue weighted by Crippen LogP contribution is 2.35. The smallest absolute Gasteiger partial charge is 0.270 e. The highest BCUT2D eigenvalue weighted by Gasteiger charge is 2.20. The van der Waals surface area contributed by atoms with E-state index in [0.717, 1.165) is 21.8 Å². The van der Waals surface area contributed by atoms with Gasteiger partial charge in [0.05, 0.1) is 21.5 Å². The quantitative estimate of drug-likeness (QED) is 0.165. The molecule has 3 aromatic carbocycles. The summed E-state index contributed by atoms with van der Waals surface area (Å²) >= 11 is 28.1. The minimum absolute atomic E-state index is 0.243. The van der Waals surface area contributed by atoms with Crippen molar-refractivity contribution in [1.29, 1.82) is 0 Å². The van der Waals surface area contributed by atoms with Crippen LogP contribution in [0.4, 0.5) is 0 Å². The molecule has 0 saturated carbocycles. The first-order chi connectivity index (χ1) is 18.9. The van der Waals surface area contributed by atoms with Crippen LogP contribution in [-0.4, -0.2) is 32.2 Å². The summed E-state index contributed by atoms with van der Waals surface area (Å²) in [6.07, 6.45) is 0.583. The molecule has 0 unspecified atom stereocenters. The van der Waals surface area contributed by atoms with Crippen LogP contribution >= 0.6 is 69.5 Å². The van der Waals surface area contributed by atoms with Crippen molar-refractivity contribution in [2.24, 2.45) is 0 Å². The predicted molar refractivity (Wildman–Crippen MR) is 161 cm³/mol. The van der Waals surface area contributed by atoms with Gasteiger partial charge in [0.15, 0.2) is 11.0 Å². The summed E-state index contributed by atoms with van der Waals surface area (Å²) in [5.74, 6) is 0.827. The number of carbonyl (C=O) groups excluding carboxylic acids is 1. The molecular weight excluding hydrogens is 616 g/mol. The topological polar surface area (TPSA) is 72.7 Å². The summed E-state index contributed by atoms with van der Waals surface area (Å²) in [5.41, 5.74) is 2.76. The van der Waals surface area contributed by atoms with Gasteiger partial charge in [0.2, 0.25) is 0 Å². The number of aromatic nitrogens is 4. The molecule has 0 saturated heterocycles. The molecule has 12 heteroatoms. The van der Waals surface area contributed by atoms with E-state index in [1.807, 2.05) is 59.2 Å². The van der Waals surface area contributed by atoms with Crippen LogP contribution in [0.3, 0.4) is 0 Å². The number of hydrogen-bond donors (Lipinski definition) is 1. The van der Waals surface area contributed by atoms with E-state index >= 15 is 0 Å². The minimum atomic E-state index is -0.243. The third kappa shape index (κ3) is 6.60. The summed E-state index contributed by atoms with van der Waals surface area (Å²) in [6, 6.07) is 20.3. The van der Waals surface area contributed by atoms with Gasteiger partial charge in [-0.05, 0) is 48.4 Å². The number of benzene rings is 3. The maximum atomic E-state index is 12.6. The van der Waals surface area contributed by atoms with Gasteiger partial charge in [-0.3, -0.25) is 9.36 Å². The molecule has 0 aliphatic carbocycles. The molecule has 198 valence electrons. The lowest BCUT2D eigenvalue weighted by atomic mass is 10.1. The average Bonchev–Trinajstić information content (AvgIpc) is 3.57. The van der Waals surface area contributed by atoms with E-state index in [0.29, 0.717) is 55.5 Å². The standard InChI is InChI=1S/C27H19Cl4N5OS2/c28-17-10-9-16(21(31)13-17)11-12-32-26(37)22-14-38-24(33-22)15-39-27-35-34-25(18-5-1-2-6-19(18)29)36(27)23-8-4-3-7-20(23)30/h1-10,13-14H,11-12,15H2,(H,32,37). The lowest BCUT2D eigenvalue weighted by molar-refractivity contribution is 0.0949. The van der Waals surface area contributed by atoms with Crippen molar-refractivity contribution in [1.82, 2.24) is 25.1 Å². The first-order valence-electron chi connectivity index (χ1n) is 11.6. The second-order valence-electron chi connectivity index (χ2n) is 8.23. The Hall–Kier alpha value is -2.59. The van der Waals surface area contributed by atoms with Crippen LogP contribution in [0.25, 0.3) is 17.1 Å². The van der Waals surface area contributed by atoms with Crippen molar-refractivity contribution in [2.45, 2.75) is 17.3 Å². The van der Waals surface area contributed by atoms with Crippen molar-refractivity contribution in [2.75, 3.05) is 6.54 Å². The summed E-state index contributed by atoms with van der Waals surface area (Å²) in [5, 5.41) is 17.2. The van der Waals surface area contributed by atoms with Gasteiger partial charge in [0, 0.05) is 27.5 Å². The van der Waals surface area contributed by atoms with E-state index in [9.17, 15) is 4.79 Å². The average molecular weight is 635 g/mol. The fourth-order valence-electron chi connectivity index (χ4n) is 3.76. The van der Waals surface area contributed by atoms with Gasteiger partial charge in [0.25, 0.3) is 5.91 Å². The number of rotatable bonds is 9. The zero-order valence-electron chi connectivity index (χ0n) is 20.1. The summed E-state index contributed by atoms with van der Waals surface area (Å²) in [7, 11) is 0. The van der Waals surface area contributed by atoms with Crippen LogP contribution in [0, 0.1) is 0 Å². The van der Waals surface area contributed by atoms with Crippen molar-refractivity contribution in [3.63, 3.8) is 0 Å². The fraction of sp³-hybridized carbons (Fsp3) is 0.111. The second-order valence-corrected chi connectivity index (χ2v) is 11.8. The van der Waals surface area contributed by atoms with E-state index in [2.05, 4.69) is 20.5 Å². The van der Waals surface area contributed by atoms with Crippen LogP contribution in [0.1, 0.15) is 21.1 Å². The Labute approximate surface area is 253 Å². The number of thioether (sulfide) groups is 1. The molecule has 0 fully saturated rings. The van der Waals surface area contributed by atoms with Crippen LogP contribution in [0.2, 0.25) is 20.1 Å². The fourth-order valence-corrected chi connectivity index (χ4v) is 6.44. The van der Waals surface area contributed by atoms with Gasteiger partial charge in [-0.1, -0.05) is 88.5 Å². The number of amides is 1. The Kier molecular flexibility index (Phi) is 9.12. The Morgan fingerprint density at radius 2 is 1.69 bits per heavy atom. The van der Waals surface area contributed by atoms with Crippen molar-refractivity contribution >= 4 is 75.4 Å². The lowest BCUT2D eigenvalue weighted by Gasteiger charge is -2.12. The Morgan fingerprint density at radius 1 is 0.923 bits per heavy atom. The maximum Gasteiger partial charge on any atom is 0.270 e. The number of para-hydroxylation sites is 1. The van der Waals surface area contributed by atoms with E-state index in [1.54, 1.807) is 17.5 Å². The molecular formula is C27H19Cl4N5OS2. The number of hydrogen-bond acceptors (Lipinski definition) is 6. The zero-order valence-corrected chi connectivity index (χ0v) is 24.7. The SMILES string of the molecule is O=C(NCCc1ccc(Cl)cc1Cl)c1csc(CSc2nnc(-c3ccccc3Cl)n2-c2ccccc2Cl)n1. The summed E-state index contributed by atoms with van der Waals surface area (Å²) in [4.78, 5) is 17.2. The second kappa shape index (κ2) is 12.7. The van der Waals surface area contributed by atoms with Crippen molar-refractivity contribution in [3.8, 4) is 17.1 Å². The number of nitrogens with one attached hydrogen (secondary N) is 1. The van der Waals surface area contributed by atoms with Crippen LogP contribution in [-0.2, 0) is 12.2 Å². The molecule has 6 nitrogen and oxygen atoms in total. The molecule has 2 heterocycles. The lowest BCUT2D eigenvalue weighted by Crippen LogP contribution is -2.26. The van der Waals surface area contributed by atoms with Crippen LogP contribution in [0.15, 0.2) is 77.3 Å². The largest absolute Gasteiger partial charge is 0.350 e. The first kappa shape index (κ1) is 28.0. The first-order valence-corrected chi connectivity index (χ1v) is 15.0. The normalized spacial score (nSPS) is 11.1. The molecule has 0 aliphatic heterocycles. The molecule has 0 aliphatic rings. The molecule has 0 atom stereocenters. The highest BCUT2D eigenvalue weighted by atomic mass is 35.5. The molecule has 1 N–H and O–H groups in total. The Balaban J connectivity index is 1.29. The van der Waals surface area contributed by atoms with E-state index < -0.39 is 0 Å². The third-order valence-corrected chi connectivity index (χ3v) is 8.85. The van der Waals surface area contributed by atoms with Gasteiger partial charge in [-0.15, -0.1) is 21.5 Å². The highest BCUT2D eigenvalue weighted by molar-refractivity contribution is 7.98. The predicted octanol–water partition coefficient (Wildman–Crippen LogP) is 8.27. The van der Waals surface area contributed by atoms with E-state index in [4.69, 9.17) is 46.4 Å². The molecule has 39 heavy (non-hydrogen) atoms. The van der Waals surface area contributed by atoms with Gasteiger partial charge < -0.3 is 5.32 Å². The van der Waals surface area contributed by atoms with Crippen LogP contribution in [0.5, 0.6) is 0 Å². The number of nitrogens with zero attached hydrogens (tertiary/aromatic N) is 4.